The lowest BCUT2D eigenvalue weighted by atomic mass is 9.95. The van der Waals surface area contributed by atoms with E-state index in [-0.39, 0.29) is 28.5 Å². The SMILES string of the molecule is Cc1nc(C(C)c2cc(Cl)c(F)c(C(=O)NC3CCOCC3)c2OC(C)C)n2ccnc(N)c12. The second-order valence-electron chi connectivity index (χ2n) is 8.80. The molecule has 0 spiro atoms. The van der Waals surface area contributed by atoms with Crippen molar-refractivity contribution in [1.82, 2.24) is 19.7 Å². The molecule has 2 aromatic heterocycles. The number of rotatable bonds is 6. The predicted molar refractivity (Wildman–Crippen MR) is 128 cm³/mol. The average molecular weight is 490 g/mol. The normalized spacial score (nSPS) is 15.6. The molecular weight excluding hydrogens is 461 g/mol. The van der Waals surface area contributed by atoms with E-state index in [1.54, 1.807) is 12.4 Å². The number of nitrogens with one attached hydrogen (secondary N) is 1. The molecule has 3 N–H and O–H groups in total. The molecule has 34 heavy (non-hydrogen) atoms. The van der Waals surface area contributed by atoms with Gasteiger partial charge < -0.3 is 20.5 Å². The molecule has 1 atom stereocenters. The Bertz CT molecular complexity index is 1220. The van der Waals surface area contributed by atoms with Crippen LogP contribution in [0, 0.1) is 12.7 Å². The first kappa shape index (κ1) is 24.2. The number of ether oxygens (including phenoxy) is 2. The van der Waals surface area contributed by atoms with Crippen LogP contribution >= 0.6 is 11.6 Å². The number of aromatic nitrogens is 3. The summed E-state index contributed by atoms with van der Waals surface area (Å²) in [5, 5.41) is 2.76. The monoisotopic (exact) mass is 489 g/mol. The molecule has 0 aliphatic carbocycles. The van der Waals surface area contributed by atoms with Crippen molar-refractivity contribution < 1.29 is 18.7 Å². The summed E-state index contributed by atoms with van der Waals surface area (Å²) in [5.74, 6) is -0.606. The van der Waals surface area contributed by atoms with E-state index in [4.69, 9.17) is 31.8 Å². The highest BCUT2D eigenvalue weighted by Crippen LogP contribution is 2.40. The highest BCUT2D eigenvalue weighted by Gasteiger charge is 2.31. The average Bonchev–Trinajstić information content (AvgIpc) is 3.13. The van der Waals surface area contributed by atoms with Crippen LogP contribution < -0.4 is 15.8 Å². The van der Waals surface area contributed by atoms with Gasteiger partial charge in [0.15, 0.2) is 5.82 Å². The van der Waals surface area contributed by atoms with Crippen molar-refractivity contribution >= 4 is 28.8 Å². The van der Waals surface area contributed by atoms with Crippen LogP contribution in [0.4, 0.5) is 10.2 Å². The third-order valence-electron chi connectivity index (χ3n) is 5.98. The van der Waals surface area contributed by atoms with E-state index in [0.717, 1.165) is 0 Å². The van der Waals surface area contributed by atoms with Crippen LogP contribution in [0.3, 0.4) is 0 Å². The number of hydrogen-bond acceptors (Lipinski definition) is 6. The van der Waals surface area contributed by atoms with E-state index in [2.05, 4.69) is 10.3 Å². The van der Waals surface area contributed by atoms with E-state index in [1.807, 2.05) is 32.1 Å². The fourth-order valence-corrected chi connectivity index (χ4v) is 4.54. The maximum atomic E-state index is 15.3. The van der Waals surface area contributed by atoms with Crippen molar-refractivity contribution in [2.75, 3.05) is 18.9 Å². The minimum atomic E-state index is -0.810. The molecule has 0 radical (unpaired) electrons. The Labute approximate surface area is 202 Å². The number of hydrogen-bond donors (Lipinski definition) is 2. The second kappa shape index (κ2) is 9.76. The highest BCUT2D eigenvalue weighted by atomic mass is 35.5. The molecule has 0 saturated carbocycles. The van der Waals surface area contributed by atoms with Crippen LogP contribution in [-0.4, -0.2) is 45.6 Å². The number of amides is 1. The lowest BCUT2D eigenvalue weighted by molar-refractivity contribution is 0.0692. The third kappa shape index (κ3) is 4.54. The lowest BCUT2D eigenvalue weighted by Crippen LogP contribution is -2.39. The zero-order valence-electron chi connectivity index (χ0n) is 19.7. The number of imidazole rings is 1. The number of anilines is 1. The van der Waals surface area contributed by atoms with Gasteiger partial charge in [-0.3, -0.25) is 9.20 Å². The summed E-state index contributed by atoms with van der Waals surface area (Å²) in [5.41, 5.74) is 7.84. The van der Waals surface area contributed by atoms with Crippen LogP contribution in [0.1, 0.15) is 67.0 Å². The van der Waals surface area contributed by atoms with Gasteiger partial charge in [-0.15, -0.1) is 0 Å². The maximum absolute atomic E-state index is 15.3. The van der Waals surface area contributed by atoms with E-state index in [1.165, 1.54) is 6.07 Å². The van der Waals surface area contributed by atoms with E-state index >= 15 is 4.39 Å². The van der Waals surface area contributed by atoms with E-state index in [0.29, 0.717) is 54.5 Å². The first-order valence-corrected chi connectivity index (χ1v) is 11.7. The van der Waals surface area contributed by atoms with Gasteiger partial charge in [-0.1, -0.05) is 18.5 Å². The molecule has 3 heterocycles. The zero-order chi connectivity index (χ0) is 24.6. The maximum Gasteiger partial charge on any atom is 0.258 e. The van der Waals surface area contributed by atoms with Crippen molar-refractivity contribution in [2.24, 2.45) is 0 Å². The zero-order valence-corrected chi connectivity index (χ0v) is 20.4. The molecule has 182 valence electrons. The minimum Gasteiger partial charge on any atom is -0.490 e. The molecule has 1 fully saturated rings. The number of benzene rings is 1. The highest BCUT2D eigenvalue weighted by molar-refractivity contribution is 6.31. The molecule has 1 amide bonds. The van der Waals surface area contributed by atoms with Gasteiger partial charge in [-0.25, -0.2) is 14.4 Å². The summed E-state index contributed by atoms with van der Waals surface area (Å²) in [7, 11) is 0. The van der Waals surface area contributed by atoms with Crippen molar-refractivity contribution in [3.63, 3.8) is 0 Å². The number of carbonyl (C=O) groups excluding carboxylic acids is 1. The summed E-state index contributed by atoms with van der Waals surface area (Å²) in [6.45, 7) is 8.49. The molecular formula is C24H29ClFN5O3. The van der Waals surface area contributed by atoms with Gasteiger partial charge in [0.05, 0.1) is 16.8 Å². The molecule has 1 unspecified atom stereocenters. The van der Waals surface area contributed by atoms with Crippen molar-refractivity contribution in [1.29, 1.82) is 0 Å². The minimum absolute atomic E-state index is 0.109. The summed E-state index contributed by atoms with van der Waals surface area (Å²) in [4.78, 5) is 22.1. The van der Waals surface area contributed by atoms with Gasteiger partial charge in [0, 0.05) is 43.1 Å². The predicted octanol–water partition coefficient (Wildman–Crippen LogP) is 4.26. The molecule has 10 heteroatoms. The Morgan fingerprint density at radius 2 is 2.06 bits per heavy atom. The Morgan fingerprint density at radius 1 is 1.35 bits per heavy atom. The van der Waals surface area contributed by atoms with Gasteiger partial charge in [-0.2, -0.15) is 0 Å². The number of carbonyl (C=O) groups is 1. The molecule has 0 bridgehead atoms. The van der Waals surface area contributed by atoms with Crippen LogP contribution in [0.15, 0.2) is 18.5 Å². The van der Waals surface area contributed by atoms with Crippen molar-refractivity contribution in [2.45, 2.75) is 58.6 Å². The van der Waals surface area contributed by atoms with E-state index < -0.39 is 17.6 Å². The molecule has 1 aromatic carbocycles. The van der Waals surface area contributed by atoms with Crippen LogP contribution in [0.2, 0.25) is 5.02 Å². The Morgan fingerprint density at radius 3 is 2.74 bits per heavy atom. The summed E-state index contributed by atoms with van der Waals surface area (Å²) in [6.07, 6.45) is 4.37. The number of aryl methyl sites for hydroxylation is 1. The number of nitrogens with zero attached hydrogens (tertiary/aromatic N) is 3. The molecule has 1 aliphatic rings. The fraction of sp³-hybridized carbons (Fsp3) is 0.458. The van der Waals surface area contributed by atoms with Crippen LogP contribution in [0.5, 0.6) is 5.75 Å². The number of halogens is 2. The van der Waals surface area contributed by atoms with Gasteiger partial charge in [-0.05, 0) is 39.7 Å². The summed E-state index contributed by atoms with van der Waals surface area (Å²) in [6, 6.07) is 1.40. The summed E-state index contributed by atoms with van der Waals surface area (Å²) >= 11 is 6.31. The number of fused-ring (bicyclic) bond motifs is 1. The second-order valence-corrected chi connectivity index (χ2v) is 9.21. The van der Waals surface area contributed by atoms with Gasteiger partial charge in [0.25, 0.3) is 5.91 Å². The van der Waals surface area contributed by atoms with E-state index in [9.17, 15) is 4.79 Å². The Kier molecular flexibility index (Phi) is 6.95. The number of nitrogens with two attached hydrogens (primary N) is 1. The first-order valence-electron chi connectivity index (χ1n) is 11.3. The molecule has 1 aliphatic heterocycles. The van der Waals surface area contributed by atoms with Crippen molar-refractivity contribution in [3.05, 3.63) is 51.9 Å². The smallest absolute Gasteiger partial charge is 0.258 e. The largest absolute Gasteiger partial charge is 0.490 e. The molecule has 1 saturated heterocycles. The Balaban J connectivity index is 1.84. The Hall–Kier alpha value is -2.91. The standard InChI is InChI=1S/C24H29ClFN5O3/c1-12(2)34-21-16(13(3)23-29-14(4)20-22(27)28-7-8-31(20)23)11-17(25)19(26)18(21)24(32)30-15-5-9-33-10-6-15/h7-8,11-13,15H,5-6,9-10H2,1-4H3,(H2,27,28)(H,30,32). The third-order valence-corrected chi connectivity index (χ3v) is 6.25. The topological polar surface area (TPSA) is 104 Å². The van der Waals surface area contributed by atoms with Gasteiger partial charge in [0.2, 0.25) is 0 Å². The van der Waals surface area contributed by atoms with Gasteiger partial charge >= 0.3 is 0 Å². The van der Waals surface area contributed by atoms with Crippen LogP contribution in [0.25, 0.3) is 5.52 Å². The number of nitrogen functional groups attached to an aromatic ring is 1. The van der Waals surface area contributed by atoms with Crippen molar-refractivity contribution in [3.8, 4) is 5.75 Å². The van der Waals surface area contributed by atoms with Crippen LogP contribution in [-0.2, 0) is 4.74 Å². The lowest BCUT2D eigenvalue weighted by Gasteiger charge is -2.26. The molecule has 8 nitrogen and oxygen atoms in total. The molecule has 3 aromatic rings. The fourth-order valence-electron chi connectivity index (χ4n) is 4.33. The van der Waals surface area contributed by atoms with Gasteiger partial charge in [0.1, 0.15) is 28.5 Å². The first-order chi connectivity index (χ1) is 16.2. The summed E-state index contributed by atoms with van der Waals surface area (Å²) < 4.78 is 28.6. The quantitative estimate of drug-likeness (QED) is 0.536. The molecule has 4 rings (SSSR count).